The van der Waals surface area contributed by atoms with Gasteiger partial charge in [0, 0.05) is 17.6 Å². The van der Waals surface area contributed by atoms with Crippen molar-refractivity contribution in [3.63, 3.8) is 0 Å². The van der Waals surface area contributed by atoms with E-state index < -0.39 is 11.8 Å². The second-order valence-electron chi connectivity index (χ2n) is 5.30. The molecule has 0 saturated carbocycles. The van der Waals surface area contributed by atoms with Crippen LogP contribution in [0.2, 0.25) is 0 Å². The number of rotatable bonds is 0. The molecule has 1 aliphatic heterocycles. The van der Waals surface area contributed by atoms with Gasteiger partial charge in [-0.15, -0.1) is 0 Å². The van der Waals surface area contributed by atoms with Gasteiger partial charge in [0.25, 0.3) is 0 Å². The molecule has 3 heteroatoms. The van der Waals surface area contributed by atoms with Gasteiger partial charge >= 0.3 is 5.97 Å². The Morgan fingerprint density at radius 2 is 1.94 bits per heavy atom. The lowest BCUT2D eigenvalue weighted by atomic mass is 9.91. The minimum atomic E-state index is -1.43. The van der Waals surface area contributed by atoms with Gasteiger partial charge in [0.1, 0.15) is 0 Å². The molecular weight excluding hydrogens is 228 g/mol. The van der Waals surface area contributed by atoms with Crippen LogP contribution in [0, 0.1) is 0 Å². The molecule has 0 aromatic carbocycles. The van der Waals surface area contributed by atoms with Crippen molar-refractivity contribution in [3.05, 3.63) is 34.4 Å². The van der Waals surface area contributed by atoms with Gasteiger partial charge < -0.3 is 9.84 Å². The largest absolute Gasteiger partial charge is 0.425 e. The molecule has 0 fully saturated rings. The number of ether oxygens (including phenoxy) is 1. The molecule has 1 heterocycles. The molecular formula is C15H20O3. The first-order chi connectivity index (χ1) is 8.42. The van der Waals surface area contributed by atoms with Crippen molar-refractivity contribution in [2.45, 2.75) is 52.2 Å². The molecule has 0 aromatic heterocycles. The van der Waals surface area contributed by atoms with Crippen molar-refractivity contribution in [2.24, 2.45) is 0 Å². The van der Waals surface area contributed by atoms with Crippen molar-refractivity contribution in [1.29, 1.82) is 0 Å². The highest BCUT2D eigenvalue weighted by atomic mass is 16.7. The minimum absolute atomic E-state index is 0.373. The Morgan fingerprint density at radius 1 is 1.22 bits per heavy atom. The molecule has 2 aliphatic rings. The highest BCUT2D eigenvalue weighted by Crippen LogP contribution is 2.38. The van der Waals surface area contributed by atoms with E-state index in [2.05, 4.69) is 19.1 Å². The van der Waals surface area contributed by atoms with Crippen LogP contribution in [0.15, 0.2) is 34.4 Å². The number of aliphatic hydroxyl groups is 1. The summed E-state index contributed by atoms with van der Waals surface area (Å²) < 4.78 is 5.18. The average molecular weight is 248 g/mol. The molecule has 3 nitrogen and oxygen atoms in total. The van der Waals surface area contributed by atoms with Crippen LogP contribution in [0.25, 0.3) is 0 Å². The number of hydrogen-bond donors (Lipinski definition) is 1. The summed E-state index contributed by atoms with van der Waals surface area (Å²) >= 11 is 0. The van der Waals surface area contributed by atoms with Gasteiger partial charge in [-0.2, -0.15) is 0 Å². The molecule has 1 atom stereocenters. The molecule has 0 saturated heterocycles. The van der Waals surface area contributed by atoms with Gasteiger partial charge in [-0.25, -0.2) is 4.79 Å². The summed E-state index contributed by atoms with van der Waals surface area (Å²) in [5.41, 5.74) is 3.60. The first kappa shape index (κ1) is 13.1. The van der Waals surface area contributed by atoms with Crippen LogP contribution in [-0.4, -0.2) is 16.9 Å². The van der Waals surface area contributed by atoms with Crippen molar-refractivity contribution in [2.75, 3.05) is 0 Å². The smallest absolute Gasteiger partial charge is 0.336 e. The van der Waals surface area contributed by atoms with E-state index in [4.69, 9.17) is 4.74 Å². The monoisotopic (exact) mass is 248 g/mol. The van der Waals surface area contributed by atoms with E-state index in [0.29, 0.717) is 24.0 Å². The normalized spacial score (nSPS) is 35.2. The van der Waals surface area contributed by atoms with Gasteiger partial charge in [-0.3, -0.25) is 0 Å². The van der Waals surface area contributed by atoms with Crippen molar-refractivity contribution < 1.29 is 14.6 Å². The summed E-state index contributed by atoms with van der Waals surface area (Å²) in [6.07, 6.45) is 7.15. The predicted molar refractivity (Wildman–Crippen MR) is 69.7 cm³/mol. The molecule has 0 aromatic rings. The first-order valence-electron chi connectivity index (χ1n) is 6.39. The topological polar surface area (TPSA) is 46.5 Å². The molecule has 0 spiro atoms. The van der Waals surface area contributed by atoms with Crippen molar-refractivity contribution in [1.82, 2.24) is 0 Å². The fraction of sp³-hybridized carbons (Fsp3) is 0.533. The molecule has 1 N–H and O–H groups in total. The van der Waals surface area contributed by atoms with Gasteiger partial charge in [0.15, 0.2) is 0 Å². The third kappa shape index (κ3) is 2.41. The molecule has 18 heavy (non-hydrogen) atoms. The molecule has 0 unspecified atom stereocenters. The summed E-state index contributed by atoms with van der Waals surface area (Å²) in [7, 11) is 0. The second kappa shape index (κ2) is 4.73. The average Bonchev–Trinajstić information content (AvgIpc) is 2.47. The number of carbonyl (C=O) groups is 1. The van der Waals surface area contributed by atoms with Crippen LogP contribution in [-0.2, 0) is 9.53 Å². The van der Waals surface area contributed by atoms with E-state index in [1.54, 1.807) is 6.92 Å². The summed E-state index contributed by atoms with van der Waals surface area (Å²) in [5.74, 6) is -1.83. The Kier molecular flexibility index (Phi) is 3.44. The lowest BCUT2D eigenvalue weighted by Gasteiger charge is -2.25. The van der Waals surface area contributed by atoms with Crippen LogP contribution >= 0.6 is 0 Å². The summed E-state index contributed by atoms with van der Waals surface area (Å²) in [6, 6.07) is 0. The van der Waals surface area contributed by atoms with Crippen molar-refractivity contribution >= 4 is 5.97 Å². The highest BCUT2D eigenvalue weighted by Gasteiger charge is 2.44. The Labute approximate surface area is 108 Å². The Hall–Kier alpha value is -1.35. The fourth-order valence-electron chi connectivity index (χ4n) is 2.54. The molecule has 2 rings (SSSR count). The van der Waals surface area contributed by atoms with Gasteiger partial charge in [-0.1, -0.05) is 23.3 Å². The zero-order valence-corrected chi connectivity index (χ0v) is 11.2. The van der Waals surface area contributed by atoms with E-state index in [-0.39, 0.29) is 0 Å². The SMILES string of the molecule is CC1=C2C/C=C(/C)CC/C=C(/C)C[C@@]2(O)OC1=O. The van der Waals surface area contributed by atoms with Crippen LogP contribution in [0.1, 0.15) is 46.5 Å². The van der Waals surface area contributed by atoms with Gasteiger partial charge in [-0.05, 0) is 40.0 Å². The second-order valence-corrected chi connectivity index (χ2v) is 5.30. The summed E-state index contributed by atoms with van der Waals surface area (Å²) in [6.45, 7) is 5.78. The van der Waals surface area contributed by atoms with E-state index in [1.807, 2.05) is 6.92 Å². The molecule has 0 amide bonds. The van der Waals surface area contributed by atoms with E-state index >= 15 is 0 Å². The Balaban J connectivity index is 2.41. The van der Waals surface area contributed by atoms with E-state index in [1.165, 1.54) is 5.57 Å². The Morgan fingerprint density at radius 3 is 2.67 bits per heavy atom. The summed E-state index contributed by atoms with van der Waals surface area (Å²) in [5, 5.41) is 10.6. The van der Waals surface area contributed by atoms with Crippen molar-refractivity contribution in [3.8, 4) is 0 Å². The molecule has 0 bridgehead atoms. The van der Waals surface area contributed by atoms with E-state index in [9.17, 15) is 9.90 Å². The molecule has 98 valence electrons. The third-order valence-corrected chi connectivity index (χ3v) is 3.70. The maximum absolute atomic E-state index is 11.6. The molecule has 0 radical (unpaired) electrons. The standard InChI is InChI=1S/C15H20O3/c1-10-5-4-6-11(2)9-15(17)13(8-7-10)12(3)14(16)18-15/h6-7,17H,4-5,8-9H2,1-3H3/b10-7-,11-6-/t15-/m1/s1. The van der Waals surface area contributed by atoms with E-state index in [0.717, 1.165) is 18.4 Å². The maximum Gasteiger partial charge on any atom is 0.336 e. The number of allylic oxidation sites excluding steroid dienone is 3. The van der Waals surface area contributed by atoms with Crippen LogP contribution in [0.4, 0.5) is 0 Å². The molecule has 1 aliphatic carbocycles. The van der Waals surface area contributed by atoms with Crippen LogP contribution < -0.4 is 0 Å². The van der Waals surface area contributed by atoms with Crippen LogP contribution in [0.3, 0.4) is 0 Å². The zero-order chi connectivity index (χ0) is 13.3. The number of carbonyl (C=O) groups excluding carboxylic acids is 1. The number of fused-ring (bicyclic) bond motifs is 1. The minimum Gasteiger partial charge on any atom is -0.425 e. The predicted octanol–water partition coefficient (Wildman–Crippen LogP) is 3.01. The number of esters is 1. The van der Waals surface area contributed by atoms with Crippen LogP contribution in [0.5, 0.6) is 0 Å². The lowest BCUT2D eigenvalue weighted by molar-refractivity contribution is -0.181. The fourth-order valence-corrected chi connectivity index (χ4v) is 2.54. The van der Waals surface area contributed by atoms with Gasteiger partial charge in [0.05, 0.1) is 0 Å². The summed E-state index contributed by atoms with van der Waals surface area (Å²) in [4.78, 5) is 11.6. The first-order valence-corrected chi connectivity index (χ1v) is 6.39. The lowest BCUT2D eigenvalue weighted by Crippen LogP contribution is -2.32. The number of hydrogen-bond acceptors (Lipinski definition) is 3. The quantitative estimate of drug-likeness (QED) is 0.529. The van der Waals surface area contributed by atoms with Gasteiger partial charge in [0.2, 0.25) is 5.79 Å². The third-order valence-electron chi connectivity index (χ3n) is 3.70. The zero-order valence-electron chi connectivity index (χ0n) is 11.2. The maximum atomic E-state index is 11.6. The Bertz CT molecular complexity index is 468. The highest BCUT2D eigenvalue weighted by molar-refractivity contribution is 5.92.